The van der Waals surface area contributed by atoms with Crippen LogP contribution < -0.4 is 0 Å². The summed E-state index contributed by atoms with van der Waals surface area (Å²) >= 11 is 0. The molecule has 4 nitrogen and oxygen atoms in total. The lowest BCUT2D eigenvalue weighted by Crippen LogP contribution is -1.97. The summed E-state index contributed by atoms with van der Waals surface area (Å²) in [7, 11) is 0. The van der Waals surface area contributed by atoms with Crippen molar-refractivity contribution >= 4 is 0 Å². The fraction of sp³-hybridized carbons (Fsp3) is 0.273. The van der Waals surface area contributed by atoms with E-state index in [1.807, 2.05) is 13.1 Å². The van der Waals surface area contributed by atoms with Crippen molar-refractivity contribution in [1.29, 1.82) is 0 Å². The van der Waals surface area contributed by atoms with Crippen LogP contribution in [0, 0.1) is 6.92 Å². The van der Waals surface area contributed by atoms with Crippen LogP contribution in [0.2, 0.25) is 0 Å². The molecule has 2 heterocycles. The molecule has 0 saturated heterocycles. The molecule has 0 aliphatic carbocycles. The highest BCUT2D eigenvalue weighted by Crippen LogP contribution is 2.13. The molecule has 0 atom stereocenters. The van der Waals surface area contributed by atoms with E-state index in [4.69, 9.17) is 0 Å². The molecule has 0 saturated carbocycles. The van der Waals surface area contributed by atoms with Gasteiger partial charge in [0.25, 0.3) is 0 Å². The zero-order valence-corrected chi connectivity index (χ0v) is 8.81. The smallest absolute Gasteiger partial charge is 0.162 e. The lowest BCUT2D eigenvalue weighted by Gasteiger charge is -2.03. The molecular weight excluding hydrogens is 188 g/mol. The Bertz CT molecular complexity index is 453. The lowest BCUT2D eigenvalue weighted by atomic mass is 10.2. The highest BCUT2D eigenvalue weighted by molar-refractivity contribution is 5.51. The molecule has 4 heteroatoms. The molecule has 0 aromatic carbocycles. The lowest BCUT2D eigenvalue weighted by molar-refractivity contribution is 0.996. The van der Waals surface area contributed by atoms with Crippen LogP contribution in [0.15, 0.2) is 24.9 Å². The first kappa shape index (κ1) is 9.71. The maximum atomic E-state index is 4.42. The van der Waals surface area contributed by atoms with Crippen molar-refractivity contribution in [3.05, 3.63) is 36.2 Å². The first-order chi connectivity index (χ1) is 7.31. The predicted molar refractivity (Wildman–Crippen MR) is 57.2 cm³/mol. The van der Waals surface area contributed by atoms with E-state index in [0.29, 0.717) is 5.82 Å². The van der Waals surface area contributed by atoms with Crippen molar-refractivity contribution in [3.63, 3.8) is 0 Å². The summed E-state index contributed by atoms with van der Waals surface area (Å²) < 4.78 is 0. The summed E-state index contributed by atoms with van der Waals surface area (Å²) in [5, 5.41) is 0. The topological polar surface area (TPSA) is 51.6 Å². The number of nitrogens with zero attached hydrogens (tertiary/aromatic N) is 4. The van der Waals surface area contributed by atoms with E-state index in [1.54, 1.807) is 12.4 Å². The van der Waals surface area contributed by atoms with Crippen LogP contribution in [0.1, 0.15) is 18.2 Å². The third-order valence-corrected chi connectivity index (χ3v) is 2.28. The van der Waals surface area contributed by atoms with Gasteiger partial charge in [0.1, 0.15) is 6.33 Å². The van der Waals surface area contributed by atoms with Gasteiger partial charge in [-0.05, 0) is 18.9 Å². The molecule has 0 aliphatic heterocycles. The summed E-state index contributed by atoms with van der Waals surface area (Å²) in [5.74, 6) is 0.685. The summed E-state index contributed by atoms with van der Waals surface area (Å²) in [6, 6.07) is 0. The van der Waals surface area contributed by atoms with E-state index < -0.39 is 0 Å². The fourth-order valence-corrected chi connectivity index (χ4v) is 1.39. The van der Waals surface area contributed by atoms with Gasteiger partial charge in [0.05, 0.1) is 5.56 Å². The zero-order chi connectivity index (χ0) is 10.7. The predicted octanol–water partition coefficient (Wildman–Crippen LogP) is 1.80. The molecule has 0 fully saturated rings. The normalized spacial score (nSPS) is 10.3. The molecule has 15 heavy (non-hydrogen) atoms. The number of hydrogen-bond acceptors (Lipinski definition) is 4. The molecule has 0 N–H and O–H groups in total. The number of aromatic nitrogens is 4. The second-order valence-corrected chi connectivity index (χ2v) is 3.28. The minimum Gasteiger partial charge on any atom is -0.244 e. The van der Waals surface area contributed by atoms with Crippen LogP contribution in [0.3, 0.4) is 0 Å². The molecule has 0 unspecified atom stereocenters. The average molecular weight is 200 g/mol. The Hall–Kier alpha value is -1.84. The summed E-state index contributed by atoms with van der Waals surface area (Å²) in [6.45, 7) is 4.09. The van der Waals surface area contributed by atoms with E-state index in [9.17, 15) is 0 Å². The monoisotopic (exact) mass is 200 g/mol. The SMILES string of the molecule is CCc1cnc(-c2cncnc2)nc1C. The Labute approximate surface area is 88.5 Å². The van der Waals surface area contributed by atoms with E-state index in [-0.39, 0.29) is 0 Å². The van der Waals surface area contributed by atoms with Gasteiger partial charge in [-0.15, -0.1) is 0 Å². The molecule has 0 aliphatic rings. The van der Waals surface area contributed by atoms with E-state index >= 15 is 0 Å². The second-order valence-electron chi connectivity index (χ2n) is 3.28. The summed E-state index contributed by atoms with van der Waals surface area (Å²) in [6.07, 6.45) is 7.75. The summed E-state index contributed by atoms with van der Waals surface area (Å²) in [4.78, 5) is 16.6. The van der Waals surface area contributed by atoms with Gasteiger partial charge in [0.2, 0.25) is 0 Å². The maximum absolute atomic E-state index is 4.42. The van der Waals surface area contributed by atoms with E-state index in [0.717, 1.165) is 17.7 Å². The number of hydrogen-bond donors (Lipinski definition) is 0. The molecular formula is C11H12N4. The Morgan fingerprint density at radius 1 is 1.13 bits per heavy atom. The minimum atomic E-state index is 0.685. The minimum absolute atomic E-state index is 0.685. The third kappa shape index (κ3) is 1.98. The molecule has 2 aromatic heterocycles. The van der Waals surface area contributed by atoms with Crippen molar-refractivity contribution in [3.8, 4) is 11.4 Å². The third-order valence-electron chi connectivity index (χ3n) is 2.28. The number of aryl methyl sites for hydroxylation is 2. The van der Waals surface area contributed by atoms with Gasteiger partial charge in [-0.1, -0.05) is 6.92 Å². The molecule has 0 amide bonds. The maximum Gasteiger partial charge on any atom is 0.162 e. The number of rotatable bonds is 2. The molecule has 0 radical (unpaired) electrons. The molecule has 0 bridgehead atoms. The average Bonchev–Trinajstić information content (AvgIpc) is 2.30. The molecule has 2 aromatic rings. The first-order valence-corrected chi connectivity index (χ1v) is 4.89. The molecule has 0 spiro atoms. The Morgan fingerprint density at radius 2 is 1.87 bits per heavy atom. The van der Waals surface area contributed by atoms with Crippen molar-refractivity contribution in [2.75, 3.05) is 0 Å². The highest BCUT2D eigenvalue weighted by Gasteiger charge is 2.04. The van der Waals surface area contributed by atoms with Gasteiger partial charge in [-0.25, -0.2) is 19.9 Å². The van der Waals surface area contributed by atoms with Crippen LogP contribution in [-0.4, -0.2) is 19.9 Å². The standard InChI is InChI=1S/C11H12N4/c1-3-9-6-14-11(15-8(9)2)10-4-12-7-13-5-10/h4-7H,3H2,1-2H3. The second kappa shape index (κ2) is 4.13. The Morgan fingerprint density at radius 3 is 2.47 bits per heavy atom. The van der Waals surface area contributed by atoms with Crippen LogP contribution in [0.25, 0.3) is 11.4 Å². The van der Waals surface area contributed by atoms with Crippen LogP contribution >= 0.6 is 0 Å². The van der Waals surface area contributed by atoms with E-state index in [2.05, 4.69) is 26.9 Å². The zero-order valence-electron chi connectivity index (χ0n) is 8.81. The van der Waals surface area contributed by atoms with Crippen molar-refractivity contribution in [2.45, 2.75) is 20.3 Å². The van der Waals surface area contributed by atoms with Gasteiger partial charge in [0, 0.05) is 24.3 Å². The van der Waals surface area contributed by atoms with Crippen molar-refractivity contribution in [1.82, 2.24) is 19.9 Å². The van der Waals surface area contributed by atoms with Crippen LogP contribution in [-0.2, 0) is 6.42 Å². The quantitative estimate of drug-likeness (QED) is 0.741. The largest absolute Gasteiger partial charge is 0.244 e. The van der Waals surface area contributed by atoms with Crippen LogP contribution in [0.4, 0.5) is 0 Å². The van der Waals surface area contributed by atoms with E-state index in [1.165, 1.54) is 11.9 Å². The van der Waals surface area contributed by atoms with Gasteiger partial charge in [-0.3, -0.25) is 0 Å². The van der Waals surface area contributed by atoms with Gasteiger partial charge >= 0.3 is 0 Å². The summed E-state index contributed by atoms with van der Waals surface area (Å²) in [5.41, 5.74) is 3.05. The van der Waals surface area contributed by atoms with Gasteiger partial charge < -0.3 is 0 Å². The van der Waals surface area contributed by atoms with Gasteiger partial charge in [0.15, 0.2) is 5.82 Å². The van der Waals surface area contributed by atoms with Crippen LogP contribution in [0.5, 0.6) is 0 Å². The van der Waals surface area contributed by atoms with Gasteiger partial charge in [-0.2, -0.15) is 0 Å². The van der Waals surface area contributed by atoms with Crippen molar-refractivity contribution in [2.24, 2.45) is 0 Å². The molecule has 76 valence electrons. The van der Waals surface area contributed by atoms with Crippen molar-refractivity contribution < 1.29 is 0 Å². The Kier molecular flexibility index (Phi) is 2.67. The fourth-order valence-electron chi connectivity index (χ4n) is 1.39. The first-order valence-electron chi connectivity index (χ1n) is 4.89. The Balaban J connectivity index is 2.43. The molecule has 2 rings (SSSR count). The highest BCUT2D eigenvalue weighted by atomic mass is 14.9.